The Morgan fingerprint density at radius 1 is 1.46 bits per heavy atom. The molecule has 0 heterocycles. The van der Waals surface area contributed by atoms with Crippen LogP contribution in [0, 0.1) is 0 Å². The van der Waals surface area contributed by atoms with Crippen LogP contribution in [0.25, 0.3) is 0 Å². The summed E-state index contributed by atoms with van der Waals surface area (Å²) in [5.41, 5.74) is 0. The van der Waals surface area contributed by atoms with Crippen molar-refractivity contribution in [1.82, 2.24) is 5.32 Å². The normalized spacial score (nSPS) is 11.8. The van der Waals surface area contributed by atoms with Crippen LogP contribution in [0.1, 0.15) is 6.42 Å². The van der Waals surface area contributed by atoms with Gasteiger partial charge in [0.2, 0.25) is 5.91 Å². The van der Waals surface area contributed by atoms with E-state index in [2.05, 4.69) is 15.9 Å². The number of carbonyl (C=O) groups is 1. The third-order valence-electron chi connectivity index (χ3n) is 1.16. The molecule has 0 aromatic heterocycles. The van der Waals surface area contributed by atoms with E-state index < -0.39 is 24.8 Å². The Labute approximate surface area is 80.8 Å². The van der Waals surface area contributed by atoms with E-state index in [0.717, 1.165) is 0 Å². The molecule has 0 aliphatic heterocycles. The van der Waals surface area contributed by atoms with Gasteiger partial charge in [-0.15, -0.1) is 0 Å². The summed E-state index contributed by atoms with van der Waals surface area (Å²) in [6.45, 7) is -1.32. The summed E-state index contributed by atoms with van der Waals surface area (Å²) in [4.78, 5) is 10.6. The number of amides is 1. The van der Waals surface area contributed by atoms with Gasteiger partial charge in [-0.05, 0) is 0 Å². The van der Waals surface area contributed by atoms with E-state index in [9.17, 15) is 22.4 Å². The van der Waals surface area contributed by atoms with Gasteiger partial charge in [-0.1, -0.05) is 15.9 Å². The van der Waals surface area contributed by atoms with Gasteiger partial charge in [0.05, 0.1) is 6.54 Å². The Balaban J connectivity index is 3.81. The van der Waals surface area contributed by atoms with Crippen LogP contribution in [0.4, 0.5) is 17.6 Å². The monoisotopic (exact) mass is 265 g/mol. The van der Waals surface area contributed by atoms with Crippen LogP contribution >= 0.6 is 15.9 Å². The second kappa shape index (κ2) is 5.41. The lowest BCUT2D eigenvalue weighted by Crippen LogP contribution is -2.41. The molecule has 13 heavy (non-hydrogen) atoms. The van der Waals surface area contributed by atoms with Crippen molar-refractivity contribution in [2.45, 2.75) is 18.8 Å². The van der Waals surface area contributed by atoms with Crippen molar-refractivity contribution in [2.24, 2.45) is 0 Å². The van der Waals surface area contributed by atoms with Crippen molar-refractivity contribution in [3.63, 3.8) is 0 Å². The Hall–Kier alpha value is -0.330. The lowest BCUT2D eigenvalue weighted by Gasteiger charge is -2.15. The highest BCUT2D eigenvalue weighted by Crippen LogP contribution is 2.21. The summed E-state index contributed by atoms with van der Waals surface area (Å²) in [6.07, 6.45) is -3.77. The maximum atomic E-state index is 12.2. The zero-order valence-corrected chi connectivity index (χ0v) is 8.08. The smallest absolute Gasteiger partial charge is 0.324 e. The Morgan fingerprint density at radius 2 is 2.00 bits per heavy atom. The minimum atomic E-state index is -4.15. The molecule has 0 aliphatic carbocycles. The third kappa shape index (κ3) is 5.07. The minimum Gasteiger partial charge on any atom is -0.350 e. The highest BCUT2D eigenvalue weighted by molar-refractivity contribution is 9.09. The summed E-state index contributed by atoms with van der Waals surface area (Å²) in [7, 11) is 0. The molecule has 0 aromatic carbocycles. The summed E-state index contributed by atoms with van der Waals surface area (Å²) in [5, 5.41) is 2.01. The summed E-state index contributed by atoms with van der Waals surface area (Å²) < 4.78 is 47.4. The Kier molecular flexibility index (Phi) is 5.27. The second-order valence-electron chi connectivity index (χ2n) is 2.28. The number of halogens is 5. The molecule has 1 amide bonds. The molecule has 0 unspecified atom stereocenters. The molecule has 0 bridgehead atoms. The standard InChI is InChI=1S/C6H8BrF4NO/c7-2-1-4(13)12-3-6(10,11)5(8)9/h5H,1-3H2,(H,12,13). The number of carbonyl (C=O) groups excluding carboxylic acids is 1. The first-order valence-corrected chi connectivity index (χ1v) is 4.51. The van der Waals surface area contributed by atoms with Gasteiger partial charge in [0.25, 0.3) is 0 Å². The predicted molar refractivity (Wildman–Crippen MR) is 42.4 cm³/mol. The molecular weight excluding hydrogens is 258 g/mol. The maximum Gasteiger partial charge on any atom is 0.324 e. The van der Waals surface area contributed by atoms with E-state index in [1.807, 2.05) is 0 Å². The van der Waals surface area contributed by atoms with Crippen LogP contribution in [-0.2, 0) is 4.79 Å². The zero-order valence-electron chi connectivity index (χ0n) is 6.50. The number of nitrogens with one attached hydrogen (secondary N) is 1. The third-order valence-corrected chi connectivity index (χ3v) is 1.56. The summed E-state index contributed by atoms with van der Waals surface area (Å²) in [6, 6.07) is 0. The van der Waals surface area contributed by atoms with Crippen LogP contribution in [0.3, 0.4) is 0 Å². The number of hydrogen-bond acceptors (Lipinski definition) is 1. The SMILES string of the molecule is O=C(CCBr)NCC(F)(F)C(F)F. The molecule has 1 N–H and O–H groups in total. The van der Waals surface area contributed by atoms with Crippen LogP contribution in [0.5, 0.6) is 0 Å². The molecule has 0 saturated carbocycles. The van der Waals surface area contributed by atoms with Crippen LogP contribution in [0.15, 0.2) is 0 Å². The van der Waals surface area contributed by atoms with Crippen molar-refractivity contribution < 1.29 is 22.4 Å². The highest BCUT2D eigenvalue weighted by Gasteiger charge is 2.40. The molecular formula is C6H8BrF4NO. The van der Waals surface area contributed by atoms with Gasteiger partial charge in [0.15, 0.2) is 0 Å². The fourth-order valence-corrected chi connectivity index (χ4v) is 0.828. The Bertz CT molecular complexity index is 176. The van der Waals surface area contributed by atoms with Crippen LogP contribution in [0.2, 0.25) is 0 Å². The fraction of sp³-hybridized carbons (Fsp3) is 0.833. The molecule has 2 nitrogen and oxygen atoms in total. The van der Waals surface area contributed by atoms with E-state index in [1.54, 1.807) is 5.32 Å². The van der Waals surface area contributed by atoms with E-state index in [0.29, 0.717) is 5.33 Å². The first kappa shape index (κ1) is 12.7. The molecule has 0 atom stereocenters. The minimum absolute atomic E-state index is 0.0146. The van der Waals surface area contributed by atoms with Gasteiger partial charge >= 0.3 is 12.3 Å². The molecule has 0 aliphatic rings. The summed E-state index contributed by atoms with van der Waals surface area (Å²) in [5.74, 6) is -4.83. The highest BCUT2D eigenvalue weighted by atomic mass is 79.9. The van der Waals surface area contributed by atoms with Crippen molar-refractivity contribution in [3.05, 3.63) is 0 Å². The number of hydrogen-bond donors (Lipinski definition) is 1. The van der Waals surface area contributed by atoms with Crippen molar-refractivity contribution in [1.29, 1.82) is 0 Å². The lowest BCUT2D eigenvalue weighted by atomic mass is 10.3. The zero-order chi connectivity index (χ0) is 10.5. The van der Waals surface area contributed by atoms with E-state index >= 15 is 0 Å². The largest absolute Gasteiger partial charge is 0.350 e. The molecule has 78 valence electrons. The van der Waals surface area contributed by atoms with Gasteiger partial charge in [0.1, 0.15) is 0 Å². The fourth-order valence-electron chi connectivity index (χ4n) is 0.468. The quantitative estimate of drug-likeness (QED) is 0.596. The van der Waals surface area contributed by atoms with Gasteiger partial charge in [-0.3, -0.25) is 4.79 Å². The first-order valence-electron chi connectivity index (χ1n) is 3.39. The average molecular weight is 266 g/mol. The van der Waals surface area contributed by atoms with E-state index in [-0.39, 0.29) is 6.42 Å². The number of rotatable bonds is 5. The molecule has 0 saturated heterocycles. The van der Waals surface area contributed by atoms with Crippen molar-refractivity contribution >= 4 is 21.8 Å². The Morgan fingerprint density at radius 3 is 2.38 bits per heavy atom. The van der Waals surface area contributed by atoms with Gasteiger partial charge in [-0.2, -0.15) is 8.78 Å². The van der Waals surface area contributed by atoms with E-state index in [1.165, 1.54) is 0 Å². The molecule has 0 fully saturated rings. The van der Waals surface area contributed by atoms with Gasteiger partial charge < -0.3 is 5.32 Å². The number of alkyl halides is 5. The van der Waals surface area contributed by atoms with Crippen molar-refractivity contribution in [2.75, 3.05) is 11.9 Å². The topological polar surface area (TPSA) is 29.1 Å². The van der Waals surface area contributed by atoms with Crippen molar-refractivity contribution in [3.8, 4) is 0 Å². The van der Waals surface area contributed by atoms with Gasteiger partial charge in [-0.25, -0.2) is 8.78 Å². The predicted octanol–water partition coefficient (Wildman–Crippen LogP) is 1.79. The average Bonchev–Trinajstić information content (AvgIpc) is 2.01. The molecule has 0 rings (SSSR count). The first-order chi connectivity index (χ1) is 5.90. The molecule has 0 spiro atoms. The van der Waals surface area contributed by atoms with Crippen LogP contribution < -0.4 is 5.32 Å². The van der Waals surface area contributed by atoms with Gasteiger partial charge in [0, 0.05) is 11.8 Å². The maximum absolute atomic E-state index is 12.2. The lowest BCUT2D eigenvalue weighted by molar-refractivity contribution is -0.136. The second-order valence-corrected chi connectivity index (χ2v) is 3.07. The molecule has 7 heteroatoms. The molecule has 0 aromatic rings. The van der Waals surface area contributed by atoms with Crippen LogP contribution in [-0.4, -0.2) is 30.1 Å². The summed E-state index contributed by atoms with van der Waals surface area (Å²) >= 11 is 2.90. The molecule has 0 radical (unpaired) electrons. The van der Waals surface area contributed by atoms with E-state index in [4.69, 9.17) is 0 Å².